The lowest BCUT2D eigenvalue weighted by Gasteiger charge is -2.16. The average Bonchev–Trinajstić information content (AvgIpc) is 3.90. The molecular formula is C31H40ClN5O2. The summed E-state index contributed by atoms with van der Waals surface area (Å²) in [6, 6.07) is 14.0. The molecule has 8 heteroatoms. The van der Waals surface area contributed by atoms with E-state index in [1.54, 1.807) is 12.3 Å². The second kappa shape index (κ2) is 18.7. The fraction of sp³-hybridized carbons (Fsp3) is 0.323. The monoisotopic (exact) mass is 549 g/mol. The van der Waals surface area contributed by atoms with Crippen LogP contribution in [0.15, 0.2) is 66.3 Å². The van der Waals surface area contributed by atoms with Crippen molar-refractivity contribution in [2.45, 2.75) is 43.8 Å². The fourth-order valence-corrected chi connectivity index (χ4v) is 3.64. The van der Waals surface area contributed by atoms with Crippen LogP contribution in [-0.2, 0) is 16.9 Å². The second-order valence-electron chi connectivity index (χ2n) is 8.82. The molecular weight excluding hydrogens is 510 g/mol. The summed E-state index contributed by atoms with van der Waals surface area (Å²) in [5, 5.41) is 6.93. The summed E-state index contributed by atoms with van der Waals surface area (Å²) in [4.78, 5) is 23.9. The number of nitrogens with one attached hydrogen (secondary N) is 2. The number of terminal acetylenes is 1. The number of carbonyl (C=O) groups is 2. The highest BCUT2D eigenvalue weighted by Gasteiger charge is 2.43. The van der Waals surface area contributed by atoms with E-state index < -0.39 is 0 Å². The standard InChI is InChI=1S/C16H20ClN3.C8H9NO.C4H7N.C3H4O/c1-19-16(4-5-16)13-6-11(7-14(17)8-13)12(9-18)10-20-15-2-3-15;9-5-7-3-1-2-4-8(7)6-10;1-3-4-5-2;1-2-3-4/h6-10,15,19H,2-5,18H2,1H3;1-4,6H,5,9H2;1,5H,4H2,2H3;2-3H,1H2/b12-9+,20-10?;;;. The molecule has 0 aromatic heterocycles. The molecule has 2 aromatic rings. The highest BCUT2D eigenvalue weighted by molar-refractivity contribution is 6.31. The molecule has 0 saturated heterocycles. The molecule has 0 radical (unpaired) electrons. The fourth-order valence-electron chi connectivity index (χ4n) is 3.40. The van der Waals surface area contributed by atoms with Gasteiger partial charge in [-0.2, -0.15) is 0 Å². The number of hydrogen-bond acceptors (Lipinski definition) is 7. The number of nitrogens with two attached hydrogens (primary N) is 2. The molecule has 0 spiro atoms. The summed E-state index contributed by atoms with van der Waals surface area (Å²) in [5.41, 5.74) is 16.0. The van der Waals surface area contributed by atoms with Gasteiger partial charge < -0.3 is 22.1 Å². The van der Waals surface area contributed by atoms with E-state index in [0.29, 0.717) is 31.0 Å². The maximum atomic E-state index is 10.3. The minimum absolute atomic E-state index is 0.104. The van der Waals surface area contributed by atoms with Crippen molar-refractivity contribution in [2.24, 2.45) is 16.5 Å². The first-order chi connectivity index (χ1) is 18.9. The van der Waals surface area contributed by atoms with Crippen LogP contribution in [0.1, 0.15) is 52.7 Å². The Bertz CT molecular complexity index is 1160. The summed E-state index contributed by atoms with van der Waals surface area (Å²) < 4.78 is 0. The van der Waals surface area contributed by atoms with Crippen molar-refractivity contribution in [3.63, 3.8) is 0 Å². The molecule has 0 atom stereocenters. The molecule has 39 heavy (non-hydrogen) atoms. The lowest BCUT2D eigenvalue weighted by molar-refractivity contribution is -0.104. The van der Waals surface area contributed by atoms with E-state index in [-0.39, 0.29) is 5.54 Å². The highest BCUT2D eigenvalue weighted by atomic mass is 35.5. The Hall–Kier alpha value is -3.54. The number of benzene rings is 2. The van der Waals surface area contributed by atoms with Gasteiger partial charge >= 0.3 is 0 Å². The number of allylic oxidation sites excluding steroid dienone is 2. The summed E-state index contributed by atoms with van der Waals surface area (Å²) in [6.45, 7) is 4.20. The van der Waals surface area contributed by atoms with Crippen molar-refractivity contribution < 1.29 is 9.59 Å². The van der Waals surface area contributed by atoms with Crippen molar-refractivity contribution in [2.75, 3.05) is 20.6 Å². The molecule has 6 N–H and O–H groups in total. The van der Waals surface area contributed by atoms with E-state index in [9.17, 15) is 4.79 Å². The van der Waals surface area contributed by atoms with Gasteiger partial charge in [-0.15, -0.1) is 6.42 Å². The molecule has 7 nitrogen and oxygen atoms in total. The van der Waals surface area contributed by atoms with Gasteiger partial charge in [0.1, 0.15) is 12.6 Å². The van der Waals surface area contributed by atoms with E-state index in [2.05, 4.69) is 34.2 Å². The predicted molar refractivity (Wildman–Crippen MR) is 164 cm³/mol. The molecule has 2 saturated carbocycles. The van der Waals surface area contributed by atoms with Crippen molar-refractivity contribution in [3.05, 3.63) is 88.6 Å². The van der Waals surface area contributed by atoms with Gasteiger partial charge in [0.2, 0.25) is 0 Å². The van der Waals surface area contributed by atoms with E-state index in [1.807, 2.05) is 50.6 Å². The first kappa shape index (κ1) is 33.5. The normalized spacial score (nSPS) is 14.7. The molecule has 2 fully saturated rings. The first-order valence-corrected chi connectivity index (χ1v) is 13.1. The van der Waals surface area contributed by atoms with Crippen LogP contribution < -0.4 is 22.1 Å². The molecule has 0 heterocycles. The van der Waals surface area contributed by atoms with E-state index in [0.717, 1.165) is 40.9 Å². The number of carbonyl (C=O) groups excluding carboxylic acids is 2. The Balaban J connectivity index is 0.000000333. The Kier molecular flexibility index (Phi) is 16.0. The second-order valence-corrected chi connectivity index (χ2v) is 9.26. The number of rotatable bonds is 9. The van der Waals surface area contributed by atoms with Crippen LogP contribution in [0, 0.1) is 12.3 Å². The summed E-state index contributed by atoms with van der Waals surface area (Å²) in [6.07, 6.45) is 15.7. The average molecular weight is 550 g/mol. The van der Waals surface area contributed by atoms with Crippen LogP contribution in [0.2, 0.25) is 5.02 Å². The largest absolute Gasteiger partial charge is 0.404 e. The Morgan fingerprint density at radius 3 is 2.31 bits per heavy atom. The Morgan fingerprint density at radius 2 is 1.90 bits per heavy atom. The lowest BCUT2D eigenvalue weighted by Crippen LogP contribution is -2.24. The van der Waals surface area contributed by atoms with Gasteiger partial charge in [-0.25, -0.2) is 0 Å². The van der Waals surface area contributed by atoms with Gasteiger partial charge in [-0.1, -0.05) is 48.4 Å². The van der Waals surface area contributed by atoms with Gasteiger partial charge in [0, 0.05) is 40.7 Å². The SMILES string of the molecule is C#CCNC.C=CC=O.CNC1(c2cc(Cl)cc(/C(C=NC3CC3)=C/N)c2)CC1.NCc1ccccc1C=O. The summed E-state index contributed by atoms with van der Waals surface area (Å²) in [5.74, 6) is 2.41. The maximum absolute atomic E-state index is 10.3. The van der Waals surface area contributed by atoms with Gasteiger partial charge in [-0.05, 0) is 80.7 Å². The zero-order chi connectivity index (χ0) is 29.1. The van der Waals surface area contributed by atoms with Crippen LogP contribution >= 0.6 is 11.6 Å². The molecule has 4 rings (SSSR count). The Morgan fingerprint density at radius 1 is 1.23 bits per heavy atom. The quantitative estimate of drug-likeness (QED) is 0.160. The third-order valence-electron chi connectivity index (χ3n) is 5.94. The van der Waals surface area contributed by atoms with Crippen LogP contribution in [0.5, 0.6) is 0 Å². The number of aldehydes is 2. The van der Waals surface area contributed by atoms with Crippen molar-refractivity contribution in [1.82, 2.24) is 10.6 Å². The topological polar surface area (TPSA) is 123 Å². The van der Waals surface area contributed by atoms with Gasteiger partial charge in [-0.3, -0.25) is 14.6 Å². The minimum Gasteiger partial charge on any atom is -0.404 e. The molecule has 0 bridgehead atoms. The predicted octanol–water partition coefficient (Wildman–Crippen LogP) is 4.25. The van der Waals surface area contributed by atoms with Crippen molar-refractivity contribution in [1.29, 1.82) is 0 Å². The third kappa shape index (κ3) is 12.2. The van der Waals surface area contributed by atoms with E-state index >= 15 is 0 Å². The van der Waals surface area contributed by atoms with Crippen LogP contribution in [0.25, 0.3) is 5.57 Å². The molecule has 208 valence electrons. The third-order valence-corrected chi connectivity index (χ3v) is 6.16. The zero-order valence-electron chi connectivity index (χ0n) is 22.8. The maximum Gasteiger partial charge on any atom is 0.150 e. The van der Waals surface area contributed by atoms with Gasteiger partial charge in [0.15, 0.2) is 0 Å². The van der Waals surface area contributed by atoms with E-state index in [4.69, 9.17) is 34.3 Å². The molecule has 2 aliphatic rings. The molecule has 2 aromatic carbocycles. The van der Waals surface area contributed by atoms with Crippen molar-refractivity contribution >= 4 is 36.0 Å². The number of aliphatic imine (C=N–C) groups is 1. The number of nitrogens with zero attached hydrogens (tertiary/aromatic N) is 1. The molecule has 0 unspecified atom stereocenters. The smallest absolute Gasteiger partial charge is 0.150 e. The van der Waals surface area contributed by atoms with Gasteiger partial charge in [0.05, 0.1) is 12.6 Å². The molecule has 2 aliphatic carbocycles. The highest BCUT2D eigenvalue weighted by Crippen LogP contribution is 2.46. The molecule has 0 amide bonds. The van der Waals surface area contributed by atoms with Crippen LogP contribution in [0.4, 0.5) is 0 Å². The summed E-state index contributed by atoms with van der Waals surface area (Å²) in [7, 11) is 3.82. The zero-order valence-corrected chi connectivity index (χ0v) is 23.6. The first-order valence-electron chi connectivity index (χ1n) is 12.7. The van der Waals surface area contributed by atoms with Crippen LogP contribution in [0.3, 0.4) is 0 Å². The Labute approximate surface area is 237 Å². The number of halogens is 1. The van der Waals surface area contributed by atoms with Gasteiger partial charge in [0.25, 0.3) is 0 Å². The van der Waals surface area contributed by atoms with Crippen molar-refractivity contribution in [3.8, 4) is 12.3 Å². The summed E-state index contributed by atoms with van der Waals surface area (Å²) >= 11 is 6.28. The van der Waals surface area contributed by atoms with E-state index in [1.165, 1.54) is 24.5 Å². The minimum atomic E-state index is 0.104. The molecule has 0 aliphatic heterocycles. The van der Waals surface area contributed by atoms with Crippen LogP contribution in [-0.4, -0.2) is 45.5 Å². The lowest BCUT2D eigenvalue weighted by atomic mass is 9.99. The number of hydrogen-bond donors (Lipinski definition) is 4.